The summed E-state index contributed by atoms with van der Waals surface area (Å²) in [6, 6.07) is 7.92. The highest BCUT2D eigenvalue weighted by atomic mass is 79.9. The summed E-state index contributed by atoms with van der Waals surface area (Å²) < 4.78 is 6.76. The molecule has 0 spiro atoms. The monoisotopic (exact) mass is 429 g/mol. The summed E-state index contributed by atoms with van der Waals surface area (Å²) in [6.45, 7) is 6.20. The Labute approximate surface area is 163 Å². The van der Waals surface area contributed by atoms with Gasteiger partial charge in [0.25, 0.3) is 0 Å². The number of rotatable bonds is 8. The molecule has 1 saturated heterocycles. The normalized spacial score (nSPS) is 16.1. The summed E-state index contributed by atoms with van der Waals surface area (Å²) in [6.07, 6.45) is 1.50. The topological polar surface area (TPSA) is 57.1 Å². The van der Waals surface area contributed by atoms with Gasteiger partial charge in [0, 0.05) is 35.6 Å². The molecule has 0 radical (unpaired) electrons. The molecular formula is C18H28BrN3O2S. The van der Waals surface area contributed by atoms with Gasteiger partial charge in [0.1, 0.15) is 5.75 Å². The quantitative estimate of drug-likeness (QED) is 0.377. The van der Waals surface area contributed by atoms with E-state index in [1.165, 1.54) is 0 Å². The molecule has 1 fully saturated rings. The average molecular weight is 430 g/mol. The summed E-state index contributed by atoms with van der Waals surface area (Å²) in [7, 11) is 0. The van der Waals surface area contributed by atoms with Gasteiger partial charge < -0.3 is 20.1 Å². The van der Waals surface area contributed by atoms with E-state index in [1.807, 2.05) is 36.0 Å². The fourth-order valence-corrected chi connectivity index (χ4v) is 3.60. The molecule has 0 atom stereocenters. The number of guanidine groups is 1. The number of aliphatic hydroxyl groups excluding tert-OH is 1. The zero-order valence-corrected chi connectivity index (χ0v) is 17.2. The van der Waals surface area contributed by atoms with E-state index in [-0.39, 0.29) is 6.10 Å². The molecule has 140 valence electrons. The molecule has 0 bridgehead atoms. The number of aliphatic hydroxyl groups is 1. The predicted octanol–water partition coefficient (Wildman–Crippen LogP) is 2.98. The molecule has 1 aliphatic heterocycles. The molecule has 0 unspecified atom stereocenters. The van der Waals surface area contributed by atoms with E-state index in [1.54, 1.807) is 0 Å². The van der Waals surface area contributed by atoms with Gasteiger partial charge in [-0.15, -0.1) is 0 Å². The molecule has 1 aromatic rings. The smallest absolute Gasteiger partial charge is 0.193 e. The summed E-state index contributed by atoms with van der Waals surface area (Å²) in [4.78, 5) is 6.96. The maximum absolute atomic E-state index is 9.63. The molecule has 1 aromatic carbocycles. The van der Waals surface area contributed by atoms with Crippen LogP contribution in [0.15, 0.2) is 33.7 Å². The van der Waals surface area contributed by atoms with Crippen molar-refractivity contribution in [2.24, 2.45) is 4.99 Å². The largest absolute Gasteiger partial charge is 0.493 e. The van der Waals surface area contributed by atoms with Crippen molar-refractivity contribution in [1.29, 1.82) is 0 Å². The van der Waals surface area contributed by atoms with Gasteiger partial charge in [0.2, 0.25) is 0 Å². The Kier molecular flexibility index (Phi) is 9.50. The number of aliphatic imine (C=N–C) groups is 1. The van der Waals surface area contributed by atoms with Crippen molar-refractivity contribution in [3.8, 4) is 5.75 Å². The van der Waals surface area contributed by atoms with Crippen LogP contribution in [0.3, 0.4) is 0 Å². The minimum absolute atomic E-state index is 0.153. The Morgan fingerprint density at radius 2 is 2.20 bits per heavy atom. The third-order valence-electron chi connectivity index (χ3n) is 3.89. The van der Waals surface area contributed by atoms with Crippen LogP contribution < -0.4 is 10.1 Å². The zero-order valence-electron chi connectivity index (χ0n) is 14.8. The molecule has 0 saturated carbocycles. The van der Waals surface area contributed by atoms with Crippen molar-refractivity contribution in [3.63, 3.8) is 0 Å². The van der Waals surface area contributed by atoms with E-state index in [2.05, 4.69) is 33.1 Å². The fourth-order valence-electron chi connectivity index (χ4n) is 2.60. The molecule has 5 nitrogen and oxygen atoms in total. The third-order valence-corrected chi connectivity index (χ3v) is 5.31. The highest BCUT2D eigenvalue weighted by molar-refractivity contribution is 9.10. The molecule has 0 aliphatic carbocycles. The van der Waals surface area contributed by atoms with E-state index in [0.717, 1.165) is 66.7 Å². The molecular weight excluding hydrogens is 402 g/mol. The van der Waals surface area contributed by atoms with Crippen LogP contribution in [0.1, 0.15) is 19.8 Å². The minimum Gasteiger partial charge on any atom is -0.493 e. The SMILES string of the molecule is CCNC(=NCCSCCOc1cccc(Br)c1)N1CCC(O)CC1. The van der Waals surface area contributed by atoms with Crippen LogP contribution in [0, 0.1) is 0 Å². The second kappa shape index (κ2) is 11.6. The minimum atomic E-state index is -0.153. The van der Waals surface area contributed by atoms with Crippen LogP contribution in [0.4, 0.5) is 0 Å². The maximum atomic E-state index is 9.63. The van der Waals surface area contributed by atoms with E-state index >= 15 is 0 Å². The summed E-state index contributed by atoms with van der Waals surface area (Å²) in [5.74, 6) is 3.80. The highest BCUT2D eigenvalue weighted by Gasteiger charge is 2.19. The van der Waals surface area contributed by atoms with Crippen LogP contribution in [0.2, 0.25) is 0 Å². The number of hydrogen-bond acceptors (Lipinski definition) is 4. The number of nitrogens with zero attached hydrogens (tertiary/aromatic N) is 2. The van der Waals surface area contributed by atoms with Crippen molar-refractivity contribution in [2.75, 3.05) is 44.3 Å². The third kappa shape index (κ3) is 7.88. The first kappa shape index (κ1) is 20.4. The molecule has 25 heavy (non-hydrogen) atoms. The van der Waals surface area contributed by atoms with Gasteiger partial charge in [-0.25, -0.2) is 0 Å². The van der Waals surface area contributed by atoms with Crippen LogP contribution in [-0.4, -0.2) is 66.4 Å². The van der Waals surface area contributed by atoms with Gasteiger partial charge in [-0.3, -0.25) is 4.99 Å². The van der Waals surface area contributed by atoms with Crippen LogP contribution in [0.25, 0.3) is 0 Å². The van der Waals surface area contributed by atoms with Gasteiger partial charge in [-0.2, -0.15) is 11.8 Å². The Hall–Kier alpha value is -0.920. The standard InChI is InChI=1S/C18H28BrN3O2S/c1-2-20-18(22-9-6-16(23)7-10-22)21-8-12-25-13-11-24-17-5-3-4-15(19)14-17/h3-5,14,16,23H,2,6-13H2,1H3,(H,20,21). The van der Waals surface area contributed by atoms with Crippen molar-refractivity contribution in [2.45, 2.75) is 25.9 Å². The van der Waals surface area contributed by atoms with Crippen LogP contribution in [-0.2, 0) is 0 Å². The molecule has 1 heterocycles. The summed E-state index contributed by atoms with van der Waals surface area (Å²) in [5.41, 5.74) is 0. The average Bonchev–Trinajstić information content (AvgIpc) is 2.61. The lowest BCUT2D eigenvalue weighted by atomic mass is 10.1. The zero-order chi connectivity index (χ0) is 17.9. The summed E-state index contributed by atoms with van der Waals surface area (Å²) in [5, 5.41) is 13.0. The second-order valence-corrected chi connectivity index (χ2v) is 8.01. The molecule has 1 aliphatic rings. The Bertz CT molecular complexity index is 537. The second-order valence-electron chi connectivity index (χ2n) is 5.87. The lowest BCUT2D eigenvalue weighted by Crippen LogP contribution is -2.46. The van der Waals surface area contributed by atoms with Crippen molar-refractivity contribution in [1.82, 2.24) is 10.2 Å². The first-order chi connectivity index (χ1) is 12.2. The number of thioether (sulfide) groups is 1. The van der Waals surface area contributed by atoms with E-state index in [0.29, 0.717) is 6.61 Å². The Morgan fingerprint density at radius 1 is 1.40 bits per heavy atom. The van der Waals surface area contributed by atoms with Crippen LogP contribution in [0.5, 0.6) is 5.75 Å². The number of hydrogen-bond donors (Lipinski definition) is 2. The summed E-state index contributed by atoms with van der Waals surface area (Å²) >= 11 is 5.30. The van der Waals surface area contributed by atoms with Crippen LogP contribution >= 0.6 is 27.7 Å². The number of benzene rings is 1. The highest BCUT2D eigenvalue weighted by Crippen LogP contribution is 2.18. The lowest BCUT2D eigenvalue weighted by molar-refractivity contribution is 0.108. The van der Waals surface area contributed by atoms with Gasteiger partial charge in [-0.05, 0) is 38.0 Å². The maximum Gasteiger partial charge on any atom is 0.193 e. The predicted molar refractivity (Wildman–Crippen MR) is 110 cm³/mol. The van der Waals surface area contributed by atoms with Gasteiger partial charge in [0.15, 0.2) is 5.96 Å². The molecule has 0 amide bonds. The van der Waals surface area contributed by atoms with Crippen molar-refractivity contribution >= 4 is 33.7 Å². The number of ether oxygens (including phenoxy) is 1. The molecule has 0 aromatic heterocycles. The van der Waals surface area contributed by atoms with Gasteiger partial charge in [0.05, 0.1) is 19.3 Å². The number of likely N-dealkylation sites (tertiary alicyclic amines) is 1. The number of halogens is 1. The van der Waals surface area contributed by atoms with E-state index in [4.69, 9.17) is 9.73 Å². The lowest BCUT2D eigenvalue weighted by Gasteiger charge is -2.32. The molecule has 7 heteroatoms. The first-order valence-electron chi connectivity index (χ1n) is 8.86. The molecule has 2 rings (SSSR count). The Balaban J connectivity index is 1.62. The molecule has 2 N–H and O–H groups in total. The van der Waals surface area contributed by atoms with E-state index < -0.39 is 0 Å². The Morgan fingerprint density at radius 3 is 2.92 bits per heavy atom. The van der Waals surface area contributed by atoms with Crippen molar-refractivity contribution < 1.29 is 9.84 Å². The van der Waals surface area contributed by atoms with Gasteiger partial charge >= 0.3 is 0 Å². The number of nitrogens with one attached hydrogen (secondary N) is 1. The van der Waals surface area contributed by atoms with Gasteiger partial charge in [-0.1, -0.05) is 22.0 Å². The fraction of sp³-hybridized carbons (Fsp3) is 0.611. The van der Waals surface area contributed by atoms with Crippen molar-refractivity contribution in [3.05, 3.63) is 28.7 Å². The number of piperidine rings is 1. The first-order valence-corrected chi connectivity index (χ1v) is 10.8. The van der Waals surface area contributed by atoms with E-state index in [9.17, 15) is 5.11 Å².